The topological polar surface area (TPSA) is 72.2 Å². The predicted octanol–water partition coefficient (Wildman–Crippen LogP) is 2.57. The molecule has 1 heterocycles. The summed E-state index contributed by atoms with van der Waals surface area (Å²) in [5, 5.41) is 11.1. The first kappa shape index (κ1) is 11.4. The number of nitro groups is 1. The number of hydrogen-bond donors (Lipinski definition) is 1. The number of hydrogen-bond acceptors (Lipinski definition) is 3. The summed E-state index contributed by atoms with van der Waals surface area (Å²) in [4.78, 5) is 10.6. The zero-order valence-electron chi connectivity index (χ0n) is 10.2. The molecule has 5 nitrogen and oxygen atoms in total. The predicted molar refractivity (Wildman–Crippen MR) is 72.2 cm³/mol. The Bertz CT molecular complexity index is 604. The van der Waals surface area contributed by atoms with Crippen molar-refractivity contribution in [2.75, 3.05) is 4.72 Å². The fraction of sp³-hybridized carbons (Fsp3) is 0.538. The molecule has 2 bridgehead atoms. The van der Waals surface area contributed by atoms with Gasteiger partial charge in [-0.15, -0.1) is 0 Å². The van der Waals surface area contributed by atoms with E-state index in [2.05, 4.69) is 4.72 Å². The summed E-state index contributed by atoms with van der Waals surface area (Å²) in [6.45, 7) is 0. The quantitative estimate of drug-likeness (QED) is 0.634. The van der Waals surface area contributed by atoms with E-state index in [1.165, 1.54) is 12.5 Å². The second-order valence-corrected chi connectivity index (χ2v) is 7.10. The third kappa shape index (κ3) is 1.49. The summed E-state index contributed by atoms with van der Waals surface area (Å²) in [6, 6.07) is 4.86. The van der Waals surface area contributed by atoms with Crippen LogP contribution < -0.4 is 4.72 Å². The fourth-order valence-electron chi connectivity index (χ4n) is 4.19. The average molecular weight is 278 g/mol. The van der Waals surface area contributed by atoms with Crippen LogP contribution >= 0.6 is 0 Å². The maximum absolute atomic E-state index is 12.3. The molecule has 2 fully saturated rings. The van der Waals surface area contributed by atoms with Crippen LogP contribution in [-0.4, -0.2) is 14.4 Å². The Morgan fingerprint density at radius 3 is 2.89 bits per heavy atom. The van der Waals surface area contributed by atoms with Crippen LogP contribution in [0.15, 0.2) is 18.2 Å². The molecule has 0 unspecified atom stereocenters. The summed E-state index contributed by atoms with van der Waals surface area (Å²) in [7, 11) is -1.04. The SMILES string of the molecule is O=[N+]([O-])c1ccc2c(c1)[C@@H]1[C@H]3CC[C@@H](C3)[C@@H]1[S@@](=O)N2. The van der Waals surface area contributed by atoms with E-state index < -0.39 is 11.0 Å². The maximum atomic E-state index is 12.3. The van der Waals surface area contributed by atoms with Gasteiger partial charge in [-0.05, 0) is 42.7 Å². The third-order valence-corrected chi connectivity index (χ3v) is 6.50. The molecule has 1 aromatic rings. The first-order valence-electron chi connectivity index (χ1n) is 6.60. The lowest BCUT2D eigenvalue weighted by Crippen LogP contribution is -2.37. The number of non-ortho nitro benzene ring substituents is 1. The number of nitro benzene ring substituents is 1. The van der Waals surface area contributed by atoms with Crippen LogP contribution in [0.3, 0.4) is 0 Å². The second kappa shape index (κ2) is 3.79. The minimum Gasteiger partial charge on any atom is -0.305 e. The number of anilines is 1. The van der Waals surface area contributed by atoms with Crippen LogP contribution in [0.4, 0.5) is 11.4 Å². The summed E-state index contributed by atoms with van der Waals surface area (Å²) in [5.41, 5.74) is 1.96. The molecule has 0 aromatic heterocycles. The van der Waals surface area contributed by atoms with Gasteiger partial charge in [0.1, 0.15) is 11.0 Å². The van der Waals surface area contributed by atoms with Crippen LogP contribution in [0.25, 0.3) is 0 Å². The zero-order valence-corrected chi connectivity index (χ0v) is 11.1. The van der Waals surface area contributed by atoms with Crippen molar-refractivity contribution in [2.45, 2.75) is 30.4 Å². The molecule has 100 valence electrons. The Hall–Kier alpha value is -1.43. The minimum absolute atomic E-state index is 0.134. The summed E-state index contributed by atoms with van der Waals surface area (Å²) in [6.07, 6.45) is 3.46. The number of nitrogens with one attached hydrogen (secondary N) is 1. The normalized spacial score (nSPS) is 38.4. The average Bonchev–Trinajstić information content (AvgIpc) is 2.99. The van der Waals surface area contributed by atoms with Crippen molar-refractivity contribution in [3.63, 3.8) is 0 Å². The van der Waals surface area contributed by atoms with Crippen molar-refractivity contribution < 1.29 is 9.13 Å². The fourth-order valence-corrected chi connectivity index (χ4v) is 5.96. The van der Waals surface area contributed by atoms with E-state index in [0.717, 1.165) is 24.1 Å². The molecule has 6 heteroatoms. The molecular formula is C13H14N2O3S. The van der Waals surface area contributed by atoms with Crippen LogP contribution in [0.2, 0.25) is 0 Å². The van der Waals surface area contributed by atoms with Crippen molar-refractivity contribution >= 4 is 22.4 Å². The number of benzene rings is 1. The molecule has 1 N–H and O–H groups in total. The van der Waals surface area contributed by atoms with Crippen LogP contribution in [0.1, 0.15) is 30.7 Å². The lowest BCUT2D eigenvalue weighted by Gasteiger charge is -2.36. The molecule has 5 atom stereocenters. The first-order chi connectivity index (χ1) is 9.15. The number of nitrogens with zero attached hydrogens (tertiary/aromatic N) is 1. The summed E-state index contributed by atoms with van der Waals surface area (Å²) >= 11 is 0. The molecule has 1 aromatic carbocycles. The van der Waals surface area contributed by atoms with Gasteiger partial charge < -0.3 is 4.72 Å². The lowest BCUT2D eigenvalue weighted by atomic mass is 9.82. The zero-order chi connectivity index (χ0) is 13.1. The van der Waals surface area contributed by atoms with Gasteiger partial charge in [0.15, 0.2) is 0 Å². The van der Waals surface area contributed by atoms with E-state index in [1.54, 1.807) is 12.1 Å². The highest BCUT2D eigenvalue weighted by atomic mass is 32.2. The highest BCUT2D eigenvalue weighted by molar-refractivity contribution is 7.87. The van der Waals surface area contributed by atoms with E-state index in [9.17, 15) is 14.3 Å². The summed E-state index contributed by atoms with van der Waals surface area (Å²) in [5.74, 6) is 1.33. The molecule has 4 rings (SSSR count). The molecule has 19 heavy (non-hydrogen) atoms. The van der Waals surface area contributed by atoms with E-state index in [0.29, 0.717) is 11.8 Å². The van der Waals surface area contributed by atoms with Crippen molar-refractivity contribution in [1.82, 2.24) is 0 Å². The monoisotopic (exact) mass is 278 g/mol. The van der Waals surface area contributed by atoms with Crippen LogP contribution in [0.5, 0.6) is 0 Å². The van der Waals surface area contributed by atoms with Crippen LogP contribution in [-0.2, 0) is 11.0 Å². The Balaban J connectivity index is 1.85. The van der Waals surface area contributed by atoms with Crippen LogP contribution in [0, 0.1) is 22.0 Å². The standard InChI is InChI=1S/C13H14N2O3S/c16-15(17)9-3-4-11-10(6-9)12-7-1-2-8(5-7)13(12)19(18)14-11/h3-4,6-8,12-14H,1-2,5H2/t7-,8-,12-,13-,19+/m0/s1. The molecule has 0 saturated heterocycles. The highest BCUT2D eigenvalue weighted by Crippen LogP contribution is 2.58. The Labute approximate surface area is 113 Å². The van der Waals surface area contributed by atoms with Crippen molar-refractivity contribution in [3.05, 3.63) is 33.9 Å². The minimum atomic E-state index is -1.04. The van der Waals surface area contributed by atoms with Gasteiger partial charge in [-0.25, -0.2) is 4.21 Å². The molecule has 3 aliphatic rings. The van der Waals surface area contributed by atoms with Gasteiger partial charge in [0, 0.05) is 18.1 Å². The Morgan fingerprint density at radius 1 is 1.32 bits per heavy atom. The van der Waals surface area contributed by atoms with Gasteiger partial charge in [-0.1, -0.05) is 0 Å². The molecule has 0 spiro atoms. The van der Waals surface area contributed by atoms with Crippen molar-refractivity contribution in [3.8, 4) is 0 Å². The van der Waals surface area contributed by atoms with E-state index in [4.69, 9.17) is 0 Å². The van der Waals surface area contributed by atoms with Gasteiger partial charge in [0.25, 0.3) is 5.69 Å². The Morgan fingerprint density at radius 2 is 2.11 bits per heavy atom. The highest BCUT2D eigenvalue weighted by Gasteiger charge is 2.53. The largest absolute Gasteiger partial charge is 0.305 e. The second-order valence-electron chi connectivity index (χ2n) is 5.75. The smallest absolute Gasteiger partial charge is 0.269 e. The van der Waals surface area contributed by atoms with Crippen molar-refractivity contribution in [1.29, 1.82) is 0 Å². The third-order valence-electron chi connectivity index (χ3n) is 4.90. The molecule has 1 aliphatic heterocycles. The molecule has 0 amide bonds. The van der Waals surface area contributed by atoms with Gasteiger partial charge >= 0.3 is 0 Å². The maximum Gasteiger partial charge on any atom is 0.269 e. The number of fused-ring (bicyclic) bond motifs is 7. The lowest BCUT2D eigenvalue weighted by molar-refractivity contribution is -0.384. The molecular weight excluding hydrogens is 264 g/mol. The van der Waals surface area contributed by atoms with E-state index >= 15 is 0 Å². The molecule has 0 radical (unpaired) electrons. The van der Waals surface area contributed by atoms with Gasteiger partial charge in [-0.2, -0.15) is 0 Å². The van der Waals surface area contributed by atoms with E-state index in [1.807, 2.05) is 0 Å². The summed E-state index contributed by atoms with van der Waals surface area (Å²) < 4.78 is 15.3. The van der Waals surface area contributed by atoms with Gasteiger partial charge in [-0.3, -0.25) is 10.1 Å². The number of rotatable bonds is 1. The van der Waals surface area contributed by atoms with Gasteiger partial charge in [0.2, 0.25) is 0 Å². The van der Waals surface area contributed by atoms with Crippen molar-refractivity contribution in [2.24, 2.45) is 11.8 Å². The first-order valence-corrected chi connectivity index (χ1v) is 7.82. The Kier molecular flexibility index (Phi) is 2.27. The molecule has 2 aliphatic carbocycles. The van der Waals surface area contributed by atoms with Gasteiger partial charge in [0.05, 0.1) is 15.9 Å². The molecule has 2 saturated carbocycles. The van der Waals surface area contributed by atoms with E-state index in [-0.39, 0.29) is 21.8 Å².